The summed E-state index contributed by atoms with van der Waals surface area (Å²) in [6.45, 7) is 0.193. The highest BCUT2D eigenvalue weighted by atomic mass is 79.9. The molecule has 0 atom stereocenters. The van der Waals surface area contributed by atoms with Crippen LogP contribution in [0.4, 0.5) is 4.39 Å². The van der Waals surface area contributed by atoms with Gasteiger partial charge in [-0.25, -0.2) is 14.4 Å². The van der Waals surface area contributed by atoms with Crippen LogP contribution in [0.25, 0.3) is 11.5 Å². The summed E-state index contributed by atoms with van der Waals surface area (Å²) in [5.74, 6) is -0.175. The molecule has 0 saturated carbocycles. The van der Waals surface area contributed by atoms with Crippen molar-refractivity contribution in [1.29, 1.82) is 0 Å². The molecule has 0 radical (unpaired) electrons. The van der Waals surface area contributed by atoms with Gasteiger partial charge < -0.3 is 9.72 Å². The molecule has 1 N–H and O–H groups in total. The molecule has 18 heavy (non-hydrogen) atoms. The fraction of sp³-hybridized carbons (Fsp3) is 0.182. The highest BCUT2D eigenvalue weighted by Gasteiger charge is 2.10. The minimum atomic E-state index is -0.449. The zero-order chi connectivity index (χ0) is 13.1. The zero-order valence-corrected chi connectivity index (χ0v) is 11.0. The van der Waals surface area contributed by atoms with E-state index in [9.17, 15) is 9.18 Å². The first-order valence-electron chi connectivity index (χ1n) is 5.01. The maximum Gasteiger partial charge on any atom is 0.265 e. The minimum Gasteiger partial charge on any atom is -0.378 e. The van der Waals surface area contributed by atoms with Crippen molar-refractivity contribution in [3.05, 3.63) is 44.7 Å². The van der Waals surface area contributed by atoms with Crippen molar-refractivity contribution in [2.75, 3.05) is 7.11 Å². The zero-order valence-electron chi connectivity index (χ0n) is 9.41. The average molecular weight is 314 g/mol. The van der Waals surface area contributed by atoms with Crippen LogP contribution in [0.1, 0.15) is 5.69 Å². The summed E-state index contributed by atoms with van der Waals surface area (Å²) in [4.78, 5) is 22.3. The third-order valence-corrected chi connectivity index (χ3v) is 3.00. The first-order valence-corrected chi connectivity index (χ1v) is 5.80. The largest absolute Gasteiger partial charge is 0.378 e. The number of rotatable bonds is 3. The molecule has 2 aromatic heterocycles. The highest BCUT2D eigenvalue weighted by Crippen LogP contribution is 2.15. The lowest BCUT2D eigenvalue weighted by molar-refractivity contribution is 0.180. The standard InChI is InChI=1S/C11H9BrFN3O2/c1-18-5-8-9(12)11(17)16-10(15-8)7-3-2-6(13)4-14-7/h2-4H,5H2,1H3,(H,15,16,17). The van der Waals surface area contributed by atoms with Crippen molar-refractivity contribution in [1.82, 2.24) is 15.0 Å². The molecule has 0 aromatic carbocycles. The molecule has 0 bridgehead atoms. The summed E-state index contributed by atoms with van der Waals surface area (Å²) < 4.78 is 18.0. The fourth-order valence-corrected chi connectivity index (χ4v) is 1.68. The van der Waals surface area contributed by atoms with Gasteiger partial charge in [-0.05, 0) is 28.1 Å². The van der Waals surface area contributed by atoms with Crippen LogP contribution in [0.15, 0.2) is 27.6 Å². The van der Waals surface area contributed by atoms with Gasteiger partial charge in [-0.2, -0.15) is 0 Å². The third-order valence-electron chi connectivity index (χ3n) is 2.18. The Bertz CT molecular complexity index is 613. The maximum absolute atomic E-state index is 12.8. The van der Waals surface area contributed by atoms with Crippen LogP contribution in [0.2, 0.25) is 0 Å². The Balaban J connectivity index is 2.51. The number of aromatic nitrogens is 3. The Hall–Kier alpha value is -1.60. The first kappa shape index (κ1) is 12.8. The smallest absolute Gasteiger partial charge is 0.265 e. The molecule has 0 aliphatic rings. The van der Waals surface area contributed by atoms with Crippen molar-refractivity contribution >= 4 is 15.9 Å². The molecule has 0 fully saturated rings. The van der Waals surface area contributed by atoms with Gasteiger partial charge >= 0.3 is 0 Å². The van der Waals surface area contributed by atoms with Crippen LogP contribution in [-0.2, 0) is 11.3 Å². The van der Waals surface area contributed by atoms with Crippen molar-refractivity contribution in [3.8, 4) is 11.5 Å². The monoisotopic (exact) mass is 313 g/mol. The van der Waals surface area contributed by atoms with Gasteiger partial charge in [0.1, 0.15) is 16.0 Å². The van der Waals surface area contributed by atoms with E-state index < -0.39 is 5.82 Å². The Labute approximate surface area is 110 Å². The number of hydrogen-bond donors (Lipinski definition) is 1. The molecule has 0 aliphatic heterocycles. The van der Waals surface area contributed by atoms with Gasteiger partial charge in [-0.1, -0.05) is 0 Å². The van der Waals surface area contributed by atoms with Gasteiger partial charge in [0.05, 0.1) is 18.5 Å². The van der Waals surface area contributed by atoms with Gasteiger partial charge in [0.15, 0.2) is 5.82 Å². The highest BCUT2D eigenvalue weighted by molar-refractivity contribution is 9.10. The number of nitrogens with one attached hydrogen (secondary N) is 1. The lowest BCUT2D eigenvalue weighted by Gasteiger charge is -2.05. The predicted octanol–water partition coefficient (Wildman–Crippen LogP) is 1.88. The van der Waals surface area contributed by atoms with Gasteiger partial charge in [-0.15, -0.1) is 0 Å². The van der Waals surface area contributed by atoms with E-state index in [1.165, 1.54) is 19.2 Å². The molecule has 7 heteroatoms. The summed E-state index contributed by atoms with van der Waals surface area (Å²) >= 11 is 3.13. The number of ether oxygens (including phenoxy) is 1. The van der Waals surface area contributed by atoms with Crippen molar-refractivity contribution in [3.63, 3.8) is 0 Å². The fourth-order valence-electron chi connectivity index (χ4n) is 1.38. The van der Waals surface area contributed by atoms with Crippen LogP contribution < -0.4 is 5.56 Å². The molecule has 0 amide bonds. The first-order chi connectivity index (χ1) is 8.61. The molecular weight excluding hydrogens is 305 g/mol. The van der Waals surface area contributed by atoms with Crippen molar-refractivity contribution < 1.29 is 9.13 Å². The van der Waals surface area contributed by atoms with E-state index in [-0.39, 0.29) is 18.0 Å². The number of nitrogens with zero attached hydrogens (tertiary/aromatic N) is 2. The van der Waals surface area contributed by atoms with E-state index in [1.807, 2.05) is 0 Å². The number of aromatic amines is 1. The SMILES string of the molecule is COCc1nc(-c2ccc(F)cn2)[nH]c(=O)c1Br. The molecule has 2 rings (SSSR count). The normalized spacial score (nSPS) is 10.6. The Morgan fingerprint density at radius 3 is 2.89 bits per heavy atom. The molecular formula is C11H9BrFN3O2. The summed E-state index contributed by atoms with van der Waals surface area (Å²) in [6, 6.07) is 2.69. The number of pyridine rings is 1. The average Bonchev–Trinajstić information content (AvgIpc) is 2.36. The summed E-state index contributed by atoms with van der Waals surface area (Å²) in [6.07, 6.45) is 1.06. The number of halogens is 2. The summed E-state index contributed by atoms with van der Waals surface area (Å²) in [5.41, 5.74) is 0.513. The van der Waals surface area contributed by atoms with Crippen molar-refractivity contribution in [2.45, 2.75) is 6.61 Å². The van der Waals surface area contributed by atoms with E-state index in [0.29, 0.717) is 15.9 Å². The molecule has 0 aliphatic carbocycles. The summed E-state index contributed by atoms with van der Waals surface area (Å²) in [7, 11) is 1.51. The van der Waals surface area contributed by atoms with E-state index in [0.717, 1.165) is 6.20 Å². The molecule has 94 valence electrons. The Morgan fingerprint density at radius 1 is 1.50 bits per heavy atom. The van der Waals surface area contributed by atoms with Crippen LogP contribution in [0.3, 0.4) is 0 Å². The van der Waals surface area contributed by atoms with Crippen molar-refractivity contribution in [2.24, 2.45) is 0 Å². The molecule has 5 nitrogen and oxygen atoms in total. The van der Waals surface area contributed by atoms with Gasteiger partial charge in [0.2, 0.25) is 0 Å². The van der Waals surface area contributed by atoms with Crippen LogP contribution >= 0.6 is 15.9 Å². The predicted molar refractivity (Wildman–Crippen MR) is 66.5 cm³/mol. The third kappa shape index (κ3) is 2.62. The van der Waals surface area contributed by atoms with Gasteiger partial charge in [0.25, 0.3) is 5.56 Å². The van der Waals surface area contributed by atoms with E-state index >= 15 is 0 Å². The van der Waals surface area contributed by atoms with E-state index in [1.54, 1.807) is 0 Å². The molecule has 0 spiro atoms. The summed E-state index contributed by atoms with van der Waals surface area (Å²) in [5, 5.41) is 0. The Kier molecular flexibility index (Phi) is 3.83. The second-order valence-electron chi connectivity index (χ2n) is 3.47. The molecule has 0 unspecified atom stereocenters. The van der Waals surface area contributed by atoms with Crippen LogP contribution in [-0.4, -0.2) is 22.1 Å². The quantitative estimate of drug-likeness (QED) is 0.939. The molecule has 0 saturated heterocycles. The van der Waals surface area contributed by atoms with Gasteiger partial charge in [0, 0.05) is 7.11 Å². The lowest BCUT2D eigenvalue weighted by Crippen LogP contribution is -2.14. The van der Waals surface area contributed by atoms with Gasteiger partial charge in [-0.3, -0.25) is 4.79 Å². The number of methoxy groups -OCH3 is 1. The molecule has 2 heterocycles. The topological polar surface area (TPSA) is 67.9 Å². The second kappa shape index (κ2) is 5.36. The van der Waals surface area contributed by atoms with Crippen LogP contribution in [0.5, 0.6) is 0 Å². The van der Waals surface area contributed by atoms with Crippen LogP contribution in [0, 0.1) is 5.82 Å². The number of hydrogen-bond acceptors (Lipinski definition) is 4. The minimum absolute atomic E-state index is 0.193. The second-order valence-corrected chi connectivity index (χ2v) is 4.26. The number of H-pyrrole nitrogens is 1. The lowest BCUT2D eigenvalue weighted by atomic mass is 10.3. The Morgan fingerprint density at radius 2 is 2.28 bits per heavy atom. The maximum atomic E-state index is 12.8. The van der Waals surface area contributed by atoms with E-state index in [4.69, 9.17) is 4.74 Å². The van der Waals surface area contributed by atoms with E-state index in [2.05, 4.69) is 30.9 Å². The molecule has 2 aromatic rings.